The molecular formula is C24H21NO5. The van der Waals surface area contributed by atoms with E-state index in [4.69, 9.17) is 4.74 Å². The van der Waals surface area contributed by atoms with E-state index in [0.717, 1.165) is 19.3 Å². The van der Waals surface area contributed by atoms with Gasteiger partial charge >= 0.3 is 5.97 Å². The van der Waals surface area contributed by atoms with Crippen molar-refractivity contribution in [3.63, 3.8) is 0 Å². The molecule has 30 heavy (non-hydrogen) atoms. The van der Waals surface area contributed by atoms with Crippen LogP contribution in [0.2, 0.25) is 0 Å². The van der Waals surface area contributed by atoms with Crippen molar-refractivity contribution in [1.82, 2.24) is 0 Å². The molecule has 4 atom stereocenters. The van der Waals surface area contributed by atoms with E-state index in [1.54, 1.807) is 42.5 Å². The molecule has 2 saturated carbocycles. The molecule has 2 aromatic carbocycles. The predicted molar refractivity (Wildman–Crippen MR) is 108 cm³/mol. The third-order valence-corrected chi connectivity index (χ3v) is 6.72. The van der Waals surface area contributed by atoms with E-state index in [2.05, 4.69) is 0 Å². The maximum Gasteiger partial charge on any atom is 0.338 e. The zero-order chi connectivity index (χ0) is 20.8. The molecule has 2 bridgehead atoms. The van der Waals surface area contributed by atoms with Crippen LogP contribution in [0.15, 0.2) is 54.6 Å². The SMILES string of the molecule is O=C(COC(=O)c1ccc(N2C(=O)[C@@H]3[C@H]4CC[C@@H](C4)[C@H]3C2=O)cc1)c1ccccc1. The van der Waals surface area contributed by atoms with Crippen LogP contribution in [0.4, 0.5) is 5.69 Å². The molecule has 5 rings (SSSR count). The highest BCUT2D eigenvalue weighted by Gasteiger charge is 2.61. The van der Waals surface area contributed by atoms with E-state index in [0.29, 0.717) is 23.1 Å². The molecule has 0 unspecified atom stereocenters. The number of fused-ring (bicyclic) bond motifs is 5. The van der Waals surface area contributed by atoms with E-state index in [1.807, 2.05) is 0 Å². The fourth-order valence-corrected chi connectivity index (χ4v) is 5.33. The van der Waals surface area contributed by atoms with Gasteiger partial charge in [-0.3, -0.25) is 19.3 Å². The van der Waals surface area contributed by atoms with Crippen molar-refractivity contribution >= 4 is 29.3 Å². The van der Waals surface area contributed by atoms with Crippen LogP contribution in [-0.4, -0.2) is 30.2 Å². The van der Waals surface area contributed by atoms with Crippen molar-refractivity contribution in [2.75, 3.05) is 11.5 Å². The number of hydrogen-bond acceptors (Lipinski definition) is 5. The van der Waals surface area contributed by atoms with Crippen LogP contribution in [0.3, 0.4) is 0 Å². The lowest BCUT2D eigenvalue weighted by Crippen LogP contribution is -2.32. The molecule has 3 fully saturated rings. The molecule has 0 spiro atoms. The second kappa shape index (κ2) is 7.20. The normalized spacial score (nSPS) is 26.7. The van der Waals surface area contributed by atoms with Gasteiger partial charge in [0.15, 0.2) is 12.4 Å². The summed E-state index contributed by atoms with van der Waals surface area (Å²) in [5.41, 5.74) is 1.22. The van der Waals surface area contributed by atoms with Gasteiger partial charge in [0.1, 0.15) is 0 Å². The Bertz CT molecular complexity index is 1000. The molecule has 0 radical (unpaired) electrons. The number of benzene rings is 2. The number of carbonyl (C=O) groups excluding carboxylic acids is 4. The number of nitrogens with zero attached hydrogens (tertiary/aromatic N) is 1. The maximum absolute atomic E-state index is 12.9. The van der Waals surface area contributed by atoms with Crippen LogP contribution in [0, 0.1) is 23.7 Å². The minimum atomic E-state index is -0.625. The molecule has 0 N–H and O–H groups in total. The van der Waals surface area contributed by atoms with Crippen LogP contribution < -0.4 is 4.90 Å². The molecular weight excluding hydrogens is 382 g/mol. The minimum Gasteiger partial charge on any atom is -0.454 e. The van der Waals surface area contributed by atoms with E-state index in [1.165, 1.54) is 17.0 Å². The summed E-state index contributed by atoms with van der Waals surface area (Å²) >= 11 is 0. The predicted octanol–water partition coefficient (Wildman–Crippen LogP) is 3.26. The fourth-order valence-electron chi connectivity index (χ4n) is 5.33. The summed E-state index contributed by atoms with van der Waals surface area (Å²) in [7, 11) is 0. The summed E-state index contributed by atoms with van der Waals surface area (Å²) in [5.74, 6) is -0.817. The maximum atomic E-state index is 12.9. The number of Topliss-reactive ketones (excluding diaryl/α,β-unsaturated/α-hetero) is 1. The first-order chi connectivity index (χ1) is 14.5. The topological polar surface area (TPSA) is 80.8 Å². The number of esters is 1. The average Bonchev–Trinajstić information content (AvgIpc) is 3.46. The molecule has 2 amide bonds. The standard InChI is InChI=1S/C24H21NO5/c26-19(14-4-2-1-3-5-14)13-30-24(29)15-8-10-18(11-9-15)25-22(27)20-16-6-7-17(12-16)21(20)23(25)28/h1-5,8-11,16-17,20-21H,6-7,12-13H2/t16-,17-,20+,21+/m0/s1. The van der Waals surface area contributed by atoms with Crippen molar-refractivity contribution in [1.29, 1.82) is 0 Å². The number of hydrogen-bond donors (Lipinski definition) is 0. The Kier molecular flexibility index (Phi) is 4.50. The van der Waals surface area contributed by atoms with Gasteiger partial charge in [0, 0.05) is 5.56 Å². The Morgan fingerprint density at radius 3 is 2.03 bits per heavy atom. The second-order valence-corrected chi connectivity index (χ2v) is 8.31. The Morgan fingerprint density at radius 1 is 0.833 bits per heavy atom. The summed E-state index contributed by atoms with van der Waals surface area (Å²) in [4.78, 5) is 51.4. The molecule has 6 heteroatoms. The summed E-state index contributed by atoms with van der Waals surface area (Å²) in [6.07, 6.45) is 3.06. The van der Waals surface area contributed by atoms with Crippen LogP contribution in [-0.2, 0) is 14.3 Å². The van der Waals surface area contributed by atoms with Crippen molar-refractivity contribution < 1.29 is 23.9 Å². The molecule has 1 heterocycles. The molecule has 2 aliphatic carbocycles. The van der Waals surface area contributed by atoms with E-state index >= 15 is 0 Å². The highest BCUT2D eigenvalue weighted by atomic mass is 16.5. The quantitative estimate of drug-likeness (QED) is 0.435. The number of carbonyl (C=O) groups is 4. The third kappa shape index (κ3) is 2.95. The number of anilines is 1. The van der Waals surface area contributed by atoms with Crippen LogP contribution >= 0.6 is 0 Å². The lowest BCUT2D eigenvalue weighted by molar-refractivity contribution is -0.123. The van der Waals surface area contributed by atoms with Crippen molar-refractivity contribution in [2.24, 2.45) is 23.7 Å². The molecule has 152 valence electrons. The second-order valence-electron chi connectivity index (χ2n) is 8.31. The van der Waals surface area contributed by atoms with Gasteiger partial charge < -0.3 is 4.74 Å². The summed E-state index contributed by atoms with van der Waals surface area (Å²) in [6.45, 7) is -0.347. The molecule has 2 aromatic rings. The zero-order valence-electron chi connectivity index (χ0n) is 16.3. The third-order valence-electron chi connectivity index (χ3n) is 6.72. The van der Waals surface area contributed by atoms with Gasteiger partial charge in [-0.25, -0.2) is 4.79 Å². The van der Waals surface area contributed by atoms with E-state index in [-0.39, 0.29) is 41.6 Å². The van der Waals surface area contributed by atoms with Crippen LogP contribution in [0.5, 0.6) is 0 Å². The molecule has 0 aromatic heterocycles. The lowest BCUT2D eigenvalue weighted by atomic mass is 9.81. The number of amides is 2. The lowest BCUT2D eigenvalue weighted by Gasteiger charge is -2.19. The largest absolute Gasteiger partial charge is 0.454 e. The number of rotatable bonds is 5. The number of imide groups is 1. The minimum absolute atomic E-state index is 0.110. The Labute approximate surface area is 173 Å². The van der Waals surface area contributed by atoms with Gasteiger partial charge in [0.25, 0.3) is 0 Å². The summed E-state index contributed by atoms with van der Waals surface area (Å²) in [5, 5.41) is 0. The Morgan fingerprint density at radius 2 is 1.43 bits per heavy atom. The highest BCUT2D eigenvalue weighted by Crippen LogP contribution is 2.56. The molecule has 1 saturated heterocycles. The highest BCUT2D eigenvalue weighted by molar-refractivity contribution is 6.22. The van der Waals surface area contributed by atoms with Gasteiger partial charge in [-0.15, -0.1) is 0 Å². The first-order valence-electron chi connectivity index (χ1n) is 10.3. The summed E-state index contributed by atoms with van der Waals surface area (Å²) < 4.78 is 5.11. The average molecular weight is 403 g/mol. The Hall–Kier alpha value is -3.28. The first kappa shape index (κ1) is 18.7. The van der Waals surface area contributed by atoms with Crippen molar-refractivity contribution in [3.8, 4) is 0 Å². The smallest absolute Gasteiger partial charge is 0.338 e. The monoisotopic (exact) mass is 403 g/mol. The molecule has 1 aliphatic heterocycles. The van der Waals surface area contributed by atoms with Crippen molar-refractivity contribution in [3.05, 3.63) is 65.7 Å². The van der Waals surface area contributed by atoms with Crippen LogP contribution in [0.1, 0.15) is 40.0 Å². The van der Waals surface area contributed by atoms with Gasteiger partial charge in [-0.1, -0.05) is 30.3 Å². The first-order valence-corrected chi connectivity index (χ1v) is 10.3. The van der Waals surface area contributed by atoms with E-state index in [9.17, 15) is 19.2 Å². The molecule has 3 aliphatic rings. The Balaban J connectivity index is 1.26. The number of ketones is 1. The van der Waals surface area contributed by atoms with Gasteiger partial charge in [-0.05, 0) is 55.4 Å². The molecule has 6 nitrogen and oxygen atoms in total. The van der Waals surface area contributed by atoms with E-state index < -0.39 is 5.97 Å². The number of ether oxygens (including phenoxy) is 1. The van der Waals surface area contributed by atoms with Gasteiger partial charge in [-0.2, -0.15) is 0 Å². The fraction of sp³-hybridized carbons (Fsp3) is 0.333. The van der Waals surface area contributed by atoms with Gasteiger partial charge in [0.2, 0.25) is 11.8 Å². The van der Waals surface area contributed by atoms with Crippen LogP contribution in [0.25, 0.3) is 0 Å². The van der Waals surface area contributed by atoms with Crippen molar-refractivity contribution in [2.45, 2.75) is 19.3 Å². The zero-order valence-corrected chi connectivity index (χ0v) is 16.3. The van der Waals surface area contributed by atoms with Gasteiger partial charge in [0.05, 0.1) is 23.1 Å². The summed E-state index contributed by atoms with van der Waals surface area (Å²) in [6, 6.07) is 14.8.